The summed E-state index contributed by atoms with van der Waals surface area (Å²) in [5.74, 6) is -0.302. The van der Waals surface area contributed by atoms with Crippen molar-refractivity contribution in [2.45, 2.75) is 19.4 Å². The minimum Gasteiger partial charge on any atom is -0.463 e. The second-order valence-corrected chi connectivity index (χ2v) is 2.69. The van der Waals surface area contributed by atoms with Crippen LogP contribution in [-0.2, 0) is 14.3 Å². The van der Waals surface area contributed by atoms with Gasteiger partial charge >= 0.3 is 5.97 Å². The molecule has 0 N–H and O–H groups in total. The van der Waals surface area contributed by atoms with Crippen LogP contribution in [0.15, 0.2) is 12.2 Å². The molecular weight excluding hydrogens is 144 g/mol. The van der Waals surface area contributed by atoms with Crippen molar-refractivity contribution in [2.24, 2.45) is 0 Å². The molecule has 3 nitrogen and oxygen atoms in total. The zero-order valence-corrected chi connectivity index (χ0v) is 6.79. The van der Waals surface area contributed by atoms with Crippen LogP contribution in [0.25, 0.3) is 0 Å². The molecule has 1 unspecified atom stereocenters. The van der Waals surface area contributed by atoms with Crippen LogP contribution in [-0.4, -0.2) is 24.8 Å². The Hall–Kier alpha value is -0.830. The van der Waals surface area contributed by atoms with Crippen LogP contribution < -0.4 is 0 Å². The van der Waals surface area contributed by atoms with Crippen molar-refractivity contribution in [2.75, 3.05) is 13.2 Å². The second-order valence-electron chi connectivity index (χ2n) is 2.69. The van der Waals surface area contributed by atoms with Gasteiger partial charge < -0.3 is 9.47 Å². The van der Waals surface area contributed by atoms with E-state index in [0.29, 0.717) is 13.2 Å². The summed E-state index contributed by atoms with van der Waals surface area (Å²) in [7, 11) is 0. The minimum absolute atomic E-state index is 0.202. The Bertz CT molecular complexity index is 180. The molecule has 0 saturated carbocycles. The van der Waals surface area contributed by atoms with Crippen LogP contribution in [0.4, 0.5) is 0 Å². The average molecular weight is 156 g/mol. The highest BCUT2D eigenvalue weighted by atomic mass is 16.6. The van der Waals surface area contributed by atoms with Crippen LogP contribution >= 0.6 is 0 Å². The molecule has 1 heterocycles. The van der Waals surface area contributed by atoms with Crippen LogP contribution in [0.1, 0.15) is 13.8 Å². The van der Waals surface area contributed by atoms with Crippen molar-refractivity contribution < 1.29 is 14.3 Å². The van der Waals surface area contributed by atoms with E-state index in [1.54, 1.807) is 13.0 Å². The lowest BCUT2D eigenvalue weighted by atomic mass is 10.2. The minimum atomic E-state index is -0.302. The fraction of sp³-hybridized carbons (Fsp3) is 0.625. The van der Waals surface area contributed by atoms with E-state index < -0.39 is 0 Å². The maximum atomic E-state index is 10.8. The predicted octanol–water partition coefficient (Wildman–Crippen LogP) is 0.895. The van der Waals surface area contributed by atoms with Gasteiger partial charge in [-0.2, -0.15) is 0 Å². The standard InChI is InChI=1S/C8H12O3/c1-3-10-7(9)4-5-8(2)6-11-8/h4-5H,3,6H2,1-2H3/b5-4+. The summed E-state index contributed by atoms with van der Waals surface area (Å²) >= 11 is 0. The van der Waals surface area contributed by atoms with Gasteiger partial charge in [0, 0.05) is 6.08 Å². The number of carbonyl (C=O) groups excluding carboxylic acids is 1. The lowest BCUT2D eigenvalue weighted by molar-refractivity contribution is -0.137. The molecule has 11 heavy (non-hydrogen) atoms. The van der Waals surface area contributed by atoms with Crippen LogP contribution in [0.3, 0.4) is 0 Å². The van der Waals surface area contributed by atoms with E-state index in [2.05, 4.69) is 4.74 Å². The summed E-state index contributed by atoms with van der Waals surface area (Å²) in [4.78, 5) is 10.8. The van der Waals surface area contributed by atoms with E-state index >= 15 is 0 Å². The number of epoxide rings is 1. The molecule has 1 atom stereocenters. The topological polar surface area (TPSA) is 38.8 Å². The van der Waals surface area contributed by atoms with Gasteiger partial charge in [0.25, 0.3) is 0 Å². The molecule has 3 heteroatoms. The second kappa shape index (κ2) is 3.05. The molecule has 0 bridgehead atoms. The van der Waals surface area contributed by atoms with Gasteiger partial charge in [-0.25, -0.2) is 4.79 Å². The Kier molecular flexibility index (Phi) is 2.29. The van der Waals surface area contributed by atoms with Gasteiger partial charge in [0.1, 0.15) is 5.60 Å². The number of esters is 1. The Morgan fingerprint density at radius 3 is 2.91 bits per heavy atom. The number of hydrogen-bond donors (Lipinski definition) is 0. The molecule has 0 radical (unpaired) electrons. The molecule has 0 aliphatic carbocycles. The summed E-state index contributed by atoms with van der Waals surface area (Å²) in [5, 5.41) is 0. The lowest BCUT2D eigenvalue weighted by Gasteiger charge is -1.95. The van der Waals surface area contributed by atoms with E-state index in [1.165, 1.54) is 6.08 Å². The highest BCUT2D eigenvalue weighted by Crippen LogP contribution is 2.26. The number of ether oxygens (including phenoxy) is 2. The highest BCUT2D eigenvalue weighted by molar-refractivity contribution is 5.82. The van der Waals surface area contributed by atoms with Crippen molar-refractivity contribution in [3.05, 3.63) is 12.2 Å². The molecule has 0 aromatic rings. The maximum absolute atomic E-state index is 10.8. The first-order valence-corrected chi connectivity index (χ1v) is 3.66. The highest BCUT2D eigenvalue weighted by Gasteiger charge is 2.36. The van der Waals surface area contributed by atoms with Gasteiger partial charge in [-0.05, 0) is 19.9 Å². The van der Waals surface area contributed by atoms with E-state index in [0.717, 1.165) is 0 Å². The van der Waals surface area contributed by atoms with Crippen molar-refractivity contribution in [1.82, 2.24) is 0 Å². The summed E-state index contributed by atoms with van der Waals surface area (Å²) in [6, 6.07) is 0. The molecule has 1 fully saturated rings. The van der Waals surface area contributed by atoms with Crippen molar-refractivity contribution >= 4 is 5.97 Å². The van der Waals surface area contributed by atoms with E-state index in [1.807, 2.05) is 6.92 Å². The summed E-state index contributed by atoms with van der Waals surface area (Å²) in [5.41, 5.74) is -0.202. The van der Waals surface area contributed by atoms with Gasteiger partial charge in [-0.1, -0.05) is 0 Å². The van der Waals surface area contributed by atoms with Gasteiger partial charge in [-0.15, -0.1) is 0 Å². The Morgan fingerprint density at radius 1 is 1.82 bits per heavy atom. The number of rotatable bonds is 3. The average Bonchev–Trinajstić information content (AvgIpc) is 2.66. The Labute approximate surface area is 66.0 Å². The Morgan fingerprint density at radius 2 is 2.45 bits per heavy atom. The first-order chi connectivity index (χ1) is 5.16. The van der Waals surface area contributed by atoms with Crippen LogP contribution in [0.2, 0.25) is 0 Å². The van der Waals surface area contributed by atoms with Gasteiger partial charge in [0.2, 0.25) is 0 Å². The summed E-state index contributed by atoms with van der Waals surface area (Å²) < 4.78 is 9.71. The van der Waals surface area contributed by atoms with Crippen LogP contribution in [0, 0.1) is 0 Å². The maximum Gasteiger partial charge on any atom is 0.330 e. The zero-order valence-electron chi connectivity index (χ0n) is 6.79. The van der Waals surface area contributed by atoms with E-state index in [9.17, 15) is 4.79 Å². The largest absolute Gasteiger partial charge is 0.463 e. The molecular formula is C8H12O3. The monoisotopic (exact) mass is 156 g/mol. The molecule has 1 rings (SSSR count). The molecule has 1 aliphatic heterocycles. The predicted molar refractivity (Wildman–Crippen MR) is 40.1 cm³/mol. The third-order valence-corrected chi connectivity index (χ3v) is 1.46. The molecule has 1 aliphatic rings. The fourth-order valence-corrected chi connectivity index (χ4v) is 0.645. The van der Waals surface area contributed by atoms with Crippen LogP contribution in [0.5, 0.6) is 0 Å². The van der Waals surface area contributed by atoms with E-state index in [-0.39, 0.29) is 11.6 Å². The zero-order chi connectivity index (χ0) is 8.32. The van der Waals surface area contributed by atoms with Gasteiger partial charge in [0.15, 0.2) is 0 Å². The van der Waals surface area contributed by atoms with Gasteiger partial charge in [-0.3, -0.25) is 0 Å². The molecule has 0 amide bonds. The quantitative estimate of drug-likeness (QED) is 0.346. The van der Waals surface area contributed by atoms with E-state index in [4.69, 9.17) is 4.74 Å². The SMILES string of the molecule is CCOC(=O)/C=C/C1(C)CO1. The first-order valence-electron chi connectivity index (χ1n) is 3.66. The molecule has 0 spiro atoms. The lowest BCUT2D eigenvalue weighted by Crippen LogP contribution is -2.03. The molecule has 1 saturated heterocycles. The number of hydrogen-bond acceptors (Lipinski definition) is 3. The number of carbonyl (C=O) groups is 1. The third-order valence-electron chi connectivity index (χ3n) is 1.46. The van der Waals surface area contributed by atoms with Crippen molar-refractivity contribution in [1.29, 1.82) is 0 Å². The smallest absolute Gasteiger partial charge is 0.330 e. The summed E-state index contributed by atoms with van der Waals surface area (Å²) in [6.45, 7) is 4.81. The third kappa shape index (κ3) is 2.72. The van der Waals surface area contributed by atoms with Crippen molar-refractivity contribution in [3.8, 4) is 0 Å². The fourth-order valence-electron chi connectivity index (χ4n) is 0.645. The molecule has 0 aromatic carbocycles. The van der Waals surface area contributed by atoms with Gasteiger partial charge in [0.05, 0.1) is 13.2 Å². The molecule has 0 aromatic heterocycles. The first kappa shape index (κ1) is 8.27. The Balaban J connectivity index is 2.28. The normalized spacial score (nSPS) is 28.9. The van der Waals surface area contributed by atoms with Crippen molar-refractivity contribution in [3.63, 3.8) is 0 Å². The summed E-state index contributed by atoms with van der Waals surface area (Å²) in [6.07, 6.45) is 3.14. The molecule has 62 valence electrons.